The van der Waals surface area contributed by atoms with Gasteiger partial charge < -0.3 is 38.8 Å². The number of rotatable bonds is 6. The molecular formula is C43H68ClNO11. The third-order valence-corrected chi connectivity index (χ3v) is 13.3. The molecule has 1 aliphatic carbocycles. The SMILES string of the molecule is CC[C@H]1/C=C(\C)C[C@H](C)C[C@H](OC)[C@H]2O[C@@](O)(C(=O)C(=O)N3CCCC[C@H]3C(=O)O[C@H](/C(C)=C/[C@@H]3CC[C@H](Cl)[C@H](OC)C3)[C@H](C)[C@@H](O)CC1=O)[C@H](C)C[C@@H]2OC. The van der Waals surface area contributed by atoms with Crippen molar-refractivity contribution in [2.45, 2.75) is 166 Å². The van der Waals surface area contributed by atoms with Crippen molar-refractivity contribution in [2.24, 2.45) is 29.6 Å². The molecule has 2 saturated heterocycles. The van der Waals surface area contributed by atoms with Crippen LogP contribution in [0.3, 0.4) is 0 Å². The molecule has 12 nitrogen and oxygen atoms in total. The molecule has 4 rings (SSSR count). The quantitative estimate of drug-likeness (QED) is 0.146. The van der Waals surface area contributed by atoms with Crippen molar-refractivity contribution in [3.8, 4) is 0 Å². The molecule has 1 amide bonds. The summed E-state index contributed by atoms with van der Waals surface area (Å²) >= 11 is 6.52. The highest BCUT2D eigenvalue weighted by molar-refractivity contribution is 6.39. The van der Waals surface area contributed by atoms with E-state index in [1.165, 1.54) is 19.1 Å². The summed E-state index contributed by atoms with van der Waals surface area (Å²) in [5.74, 6) is -7.31. The first-order chi connectivity index (χ1) is 26.5. The van der Waals surface area contributed by atoms with Crippen LogP contribution < -0.4 is 0 Å². The van der Waals surface area contributed by atoms with E-state index in [-0.39, 0.29) is 54.9 Å². The summed E-state index contributed by atoms with van der Waals surface area (Å²) in [4.78, 5) is 57.7. The molecule has 1 saturated carbocycles. The fourth-order valence-electron chi connectivity index (χ4n) is 9.36. The van der Waals surface area contributed by atoms with Gasteiger partial charge in [0.2, 0.25) is 5.79 Å². The largest absolute Gasteiger partial charge is 0.456 e. The van der Waals surface area contributed by atoms with E-state index in [2.05, 4.69) is 6.92 Å². The number of hydrogen-bond donors (Lipinski definition) is 2. The lowest BCUT2D eigenvalue weighted by atomic mass is 9.82. The summed E-state index contributed by atoms with van der Waals surface area (Å²) in [6, 6.07) is -1.12. The molecule has 0 aromatic carbocycles. The zero-order valence-corrected chi connectivity index (χ0v) is 35.8. The second kappa shape index (κ2) is 20.7. The highest BCUT2D eigenvalue weighted by Crippen LogP contribution is 2.39. The Kier molecular flexibility index (Phi) is 17.2. The average Bonchev–Trinajstić information content (AvgIpc) is 3.18. The highest BCUT2D eigenvalue weighted by Gasteiger charge is 2.56. The molecule has 3 fully saturated rings. The lowest BCUT2D eigenvalue weighted by Gasteiger charge is -2.47. The molecule has 13 heteroatoms. The van der Waals surface area contributed by atoms with Crippen LogP contribution in [0.2, 0.25) is 0 Å². The number of Topliss-reactive ketones (excluding diaryl/α,β-unsaturated/α-hetero) is 2. The zero-order valence-electron chi connectivity index (χ0n) is 35.0. The molecule has 0 aromatic heterocycles. The van der Waals surface area contributed by atoms with Crippen LogP contribution >= 0.6 is 11.6 Å². The number of piperidine rings is 1. The van der Waals surface area contributed by atoms with E-state index < -0.39 is 77.8 Å². The van der Waals surface area contributed by atoms with Crippen molar-refractivity contribution in [3.63, 3.8) is 0 Å². The number of ketones is 2. The first-order valence-electron chi connectivity index (χ1n) is 20.7. The van der Waals surface area contributed by atoms with E-state index in [0.717, 1.165) is 18.4 Å². The van der Waals surface area contributed by atoms with E-state index >= 15 is 0 Å². The van der Waals surface area contributed by atoms with Crippen molar-refractivity contribution >= 4 is 35.0 Å². The van der Waals surface area contributed by atoms with E-state index in [1.807, 2.05) is 32.9 Å². The van der Waals surface area contributed by atoms with Gasteiger partial charge in [-0.25, -0.2) is 4.79 Å². The Morgan fingerprint density at radius 1 is 0.964 bits per heavy atom. The molecule has 3 heterocycles. The van der Waals surface area contributed by atoms with Gasteiger partial charge in [0.25, 0.3) is 11.7 Å². The van der Waals surface area contributed by atoms with Crippen molar-refractivity contribution in [2.75, 3.05) is 27.9 Å². The molecule has 2 bridgehead atoms. The highest BCUT2D eigenvalue weighted by atomic mass is 35.5. The van der Waals surface area contributed by atoms with E-state index in [0.29, 0.717) is 44.1 Å². The number of cyclic esters (lactones) is 1. The first-order valence-corrected chi connectivity index (χ1v) is 21.2. The fourth-order valence-corrected chi connectivity index (χ4v) is 9.69. The zero-order chi connectivity index (χ0) is 41.5. The Morgan fingerprint density at radius 3 is 2.27 bits per heavy atom. The van der Waals surface area contributed by atoms with Crippen molar-refractivity contribution in [1.82, 2.24) is 4.90 Å². The molecule has 318 valence electrons. The number of ether oxygens (including phenoxy) is 5. The van der Waals surface area contributed by atoms with Crippen LogP contribution in [0.25, 0.3) is 0 Å². The Bertz CT molecular complexity index is 1440. The Balaban J connectivity index is 1.76. The van der Waals surface area contributed by atoms with Crippen LogP contribution in [0.4, 0.5) is 0 Å². The Hall–Kier alpha value is -2.19. The van der Waals surface area contributed by atoms with Gasteiger partial charge in [0.05, 0.1) is 29.8 Å². The van der Waals surface area contributed by atoms with Gasteiger partial charge in [-0.05, 0) is 95.5 Å². The number of methoxy groups -OCH3 is 3. The summed E-state index contributed by atoms with van der Waals surface area (Å²) < 4.78 is 29.9. The number of carbonyl (C=O) groups excluding carboxylic acids is 4. The molecule has 14 atom stereocenters. The summed E-state index contributed by atoms with van der Waals surface area (Å²) in [7, 11) is 4.71. The van der Waals surface area contributed by atoms with Crippen LogP contribution in [0.5, 0.6) is 0 Å². The molecular weight excluding hydrogens is 742 g/mol. The molecule has 0 radical (unpaired) electrons. The minimum absolute atomic E-state index is 0.0425. The lowest BCUT2D eigenvalue weighted by molar-refractivity contribution is -0.302. The lowest BCUT2D eigenvalue weighted by Crippen LogP contribution is -2.64. The Morgan fingerprint density at radius 2 is 1.62 bits per heavy atom. The molecule has 2 N–H and O–H groups in total. The van der Waals surface area contributed by atoms with Crippen LogP contribution in [0.1, 0.15) is 112 Å². The molecule has 0 unspecified atom stereocenters. The van der Waals surface area contributed by atoms with Gasteiger partial charge in [-0.3, -0.25) is 14.4 Å². The number of hydrogen-bond acceptors (Lipinski definition) is 11. The Labute approximate surface area is 339 Å². The summed E-state index contributed by atoms with van der Waals surface area (Å²) in [5.41, 5.74) is 1.71. The monoisotopic (exact) mass is 809 g/mol. The molecule has 4 aliphatic rings. The van der Waals surface area contributed by atoms with Crippen molar-refractivity contribution in [1.29, 1.82) is 0 Å². The minimum Gasteiger partial charge on any atom is -0.456 e. The number of aliphatic hydroxyl groups is 2. The molecule has 0 aromatic rings. The van der Waals surface area contributed by atoms with Crippen LogP contribution in [0, 0.1) is 29.6 Å². The number of nitrogens with zero attached hydrogens (tertiary/aromatic N) is 1. The van der Waals surface area contributed by atoms with Crippen molar-refractivity contribution < 1.29 is 53.1 Å². The van der Waals surface area contributed by atoms with Crippen LogP contribution in [-0.2, 0) is 42.9 Å². The number of fused-ring (bicyclic) bond motifs is 3. The standard InChI is InChI=1S/C43H68ClNO11/c1-10-30-18-24(2)17-25(3)19-36(53-8)39-37(54-9)21-27(5)43(51,56-39)40(48)41(49)45-16-12-11-13-32(45)42(50)55-38(28(6)33(46)23-34(30)47)26(4)20-29-14-15-31(44)35(22-29)52-7/h18,20,25,27-33,35-39,46,51H,10-17,19,21-23H2,1-9H3/b24-18+,26-20+/t25-,27+,28+,29-,30-,31-,32-,33-,35+,36-,37-,38+,39+,43+/m0/s1. The number of alkyl halides is 1. The van der Waals surface area contributed by atoms with Gasteiger partial charge in [0.15, 0.2) is 0 Å². The number of halogens is 1. The van der Waals surface area contributed by atoms with Gasteiger partial charge in [-0.15, -0.1) is 11.6 Å². The number of amides is 1. The fraction of sp³-hybridized carbons (Fsp3) is 0.814. The normalized spacial score (nSPS) is 41.6. The topological polar surface area (TPSA) is 158 Å². The maximum atomic E-state index is 14.3. The molecule has 0 spiro atoms. The second-order valence-electron chi connectivity index (χ2n) is 17.1. The molecule has 3 aliphatic heterocycles. The van der Waals surface area contributed by atoms with Crippen molar-refractivity contribution in [3.05, 3.63) is 23.3 Å². The number of allylic oxidation sites excluding steroid dienone is 3. The van der Waals surface area contributed by atoms with Gasteiger partial charge in [-0.2, -0.15) is 0 Å². The van der Waals surface area contributed by atoms with Gasteiger partial charge in [0, 0.05) is 52.0 Å². The smallest absolute Gasteiger partial charge is 0.329 e. The summed E-state index contributed by atoms with van der Waals surface area (Å²) in [6.07, 6.45) is 5.16. The maximum absolute atomic E-state index is 14.3. The van der Waals surface area contributed by atoms with Crippen LogP contribution in [0.15, 0.2) is 23.3 Å². The van der Waals surface area contributed by atoms with Gasteiger partial charge >= 0.3 is 5.97 Å². The number of esters is 1. The van der Waals surface area contributed by atoms with Gasteiger partial charge in [-0.1, -0.05) is 45.4 Å². The minimum atomic E-state index is -2.49. The predicted molar refractivity (Wildman–Crippen MR) is 212 cm³/mol. The third kappa shape index (κ3) is 10.9. The van der Waals surface area contributed by atoms with E-state index in [1.54, 1.807) is 21.0 Å². The number of aliphatic hydroxyl groups excluding tert-OH is 1. The predicted octanol–water partition coefficient (Wildman–Crippen LogP) is 5.72. The van der Waals surface area contributed by atoms with E-state index in [4.69, 9.17) is 35.3 Å². The number of carbonyl (C=O) groups is 4. The summed E-state index contributed by atoms with van der Waals surface area (Å²) in [6.45, 7) is 11.3. The average molecular weight is 810 g/mol. The van der Waals surface area contributed by atoms with E-state index in [9.17, 15) is 29.4 Å². The maximum Gasteiger partial charge on any atom is 0.329 e. The first kappa shape index (κ1) is 46.5. The van der Waals surface area contributed by atoms with Crippen LogP contribution in [-0.4, -0.2) is 120 Å². The second-order valence-corrected chi connectivity index (χ2v) is 17.7. The van der Waals surface area contributed by atoms with Gasteiger partial charge in [0.1, 0.15) is 24.0 Å². The molecule has 56 heavy (non-hydrogen) atoms. The third-order valence-electron chi connectivity index (χ3n) is 12.8. The summed E-state index contributed by atoms with van der Waals surface area (Å²) in [5, 5.41) is 23.6.